The minimum absolute atomic E-state index is 0.166. The lowest BCUT2D eigenvalue weighted by atomic mass is 10.0. The Morgan fingerprint density at radius 2 is 1.89 bits per heavy atom. The molecule has 3 aromatic rings. The number of ether oxygens (including phenoxy) is 2. The maximum Gasteiger partial charge on any atom is 0.123 e. The van der Waals surface area contributed by atoms with Gasteiger partial charge in [0.2, 0.25) is 0 Å². The lowest BCUT2D eigenvalue weighted by molar-refractivity contribution is 0.0309. The normalized spacial score (nSPS) is 15.6. The Labute approximate surface area is 171 Å². The second kappa shape index (κ2) is 8.01. The van der Waals surface area contributed by atoms with Crippen LogP contribution in [0, 0.1) is 5.82 Å². The van der Waals surface area contributed by atoms with E-state index in [0.717, 1.165) is 43.9 Å². The van der Waals surface area contributed by atoms with Gasteiger partial charge in [-0.2, -0.15) is 0 Å². The van der Waals surface area contributed by atoms with E-state index in [-0.39, 0.29) is 11.9 Å². The van der Waals surface area contributed by atoms with E-state index in [4.69, 9.17) is 21.1 Å². The monoisotopic (exact) mass is 446 g/mol. The van der Waals surface area contributed by atoms with Crippen LogP contribution in [0.3, 0.4) is 0 Å². The van der Waals surface area contributed by atoms with Crippen molar-refractivity contribution in [2.75, 3.05) is 6.61 Å². The summed E-state index contributed by atoms with van der Waals surface area (Å²) >= 11 is 9.75. The highest BCUT2D eigenvalue weighted by Crippen LogP contribution is 2.32. The molecule has 2 nitrogen and oxygen atoms in total. The fraction of sp³-hybridized carbons (Fsp3) is 0.182. The van der Waals surface area contributed by atoms with Gasteiger partial charge < -0.3 is 9.47 Å². The lowest BCUT2D eigenvalue weighted by Crippen LogP contribution is -2.09. The zero-order valence-electron chi connectivity index (χ0n) is 14.4. The molecule has 1 atom stereocenters. The van der Waals surface area contributed by atoms with Crippen molar-refractivity contribution >= 4 is 27.5 Å². The first-order chi connectivity index (χ1) is 13.1. The largest absolute Gasteiger partial charge is 0.491 e. The third-order valence-electron chi connectivity index (χ3n) is 4.62. The molecule has 4 rings (SSSR count). The Kier molecular flexibility index (Phi) is 5.48. The van der Waals surface area contributed by atoms with Crippen molar-refractivity contribution in [3.63, 3.8) is 0 Å². The van der Waals surface area contributed by atoms with Crippen LogP contribution >= 0.6 is 27.5 Å². The van der Waals surface area contributed by atoms with Crippen LogP contribution in [-0.4, -0.2) is 6.61 Å². The van der Waals surface area contributed by atoms with E-state index in [2.05, 4.69) is 15.9 Å². The minimum Gasteiger partial charge on any atom is -0.491 e. The number of fused-ring (bicyclic) bond motifs is 1. The first-order valence-electron chi connectivity index (χ1n) is 8.64. The summed E-state index contributed by atoms with van der Waals surface area (Å²) < 4.78 is 25.9. The molecule has 0 fully saturated rings. The third-order valence-corrected chi connectivity index (χ3v) is 5.48. The molecule has 0 bridgehead atoms. The summed E-state index contributed by atoms with van der Waals surface area (Å²) in [4.78, 5) is 0. The van der Waals surface area contributed by atoms with Crippen molar-refractivity contribution in [1.82, 2.24) is 0 Å². The molecule has 0 aliphatic carbocycles. The molecule has 1 heterocycles. The van der Waals surface area contributed by atoms with Crippen LogP contribution in [-0.2, 0) is 17.8 Å². The molecule has 0 N–H and O–H groups in total. The van der Waals surface area contributed by atoms with E-state index in [0.29, 0.717) is 13.2 Å². The Hall–Kier alpha value is -1.88. The summed E-state index contributed by atoms with van der Waals surface area (Å²) in [6, 6.07) is 18.6. The van der Waals surface area contributed by atoms with E-state index in [1.807, 2.05) is 42.5 Å². The molecule has 0 saturated carbocycles. The molecule has 3 aromatic carbocycles. The molecule has 0 radical (unpaired) electrons. The molecule has 0 spiro atoms. The van der Waals surface area contributed by atoms with E-state index < -0.39 is 0 Å². The Bertz CT molecular complexity index is 959. The van der Waals surface area contributed by atoms with Gasteiger partial charge in [-0.25, -0.2) is 4.39 Å². The zero-order valence-corrected chi connectivity index (χ0v) is 16.8. The quantitative estimate of drug-likeness (QED) is 0.445. The molecule has 1 unspecified atom stereocenters. The summed E-state index contributed by atoms with van der Waals surface area (Å²) in [6.45, 7) is 0.822. The van der Waals surface area contributed by atoms with Crippen LogP contribution in [0.15, 0.2) is 65.1 Å². The van der Waals surface area contributed by atoms with E-state index >= 15 is 0 Å². The molecule has 27 heavy (non-hydrogen) atoms. The summed E-state index contributed by atoms with van der Waals surface area (Å²) in [5, 5.41) is 0.756. The van der Waals surface area contributed by atoms with Crippen LogP contribution in [0.1, 0.15) is 28.4 Å². The zero-order chi connectivity index (χ0) is 18.8. The first-order valence-corrected chi connectivity index (χ1v) is 9.81. The molecule has 0 saturated heterocycles. The minimum atomic E-state index is -0.236. The molecule has 0 amide bonds. The predicted octanol–water partition coefficient (Wildman–Crippen LogP) is 6.48. The Morgan fingerprint density at radius 3 is 2.70 bits per heavy atom. The molecular formula is C22H17BrClFO2. The van der Waals surface area contributed by atoms with Crippen molar-refractivity contribution in [3.05, 3.63) is 98.2 Å². The Morgan fingerprint density at radius 1 is 1.07 bits per heavy atom. The van der Waals surface area contributed by atoms with Gasteiger partial charge in [0.15, 0.2) is 0 Å². The lowest BCUT2D eigenvalue weighted by Gasteiger charge is -2.13. The van der Waals surface area contributed by atoms with Crippen LogP contribution in [0.2, 0.25) is 5.02 Å². The van der Waals surface area contributed by atoms with E-state index in [9.17, 15) is 4.39 Å². The summed E-state index contributed by atoms with van der Waals surface area (Å²) in [6.07, 6.45) is 0.587. The summed E-state index contributed by atoms with van der Waals surface area (Å²) in [5.41, 5.74) is 4.12. The maximum atomic E-state index is 13.3. The van der Waals surface area contributed by atoms with Crippen LogP contribution in [0.25, 0.3) is 0 Å². The summed E-state index contributed by atoms with van der Waals surface area (Å²) in [7, 11) is 0. The van der Waals surface area contributed by atoms with Crippen molar-refractivity contribution in [1.29, 1.82) is 0 Å². The van der Waals surface area contributed by atoms with Gasteiger partial charge in [-0.3, -0.25) is 0 Å². The SMILES string of the molecule is Fc1ccc2c(c1)COC2COc1ccc(Cc2cc(Br)ccc2Cl)cc1. The topological polar surface area (TPSA) is 18.5 Å². The summed E-state index contributed by atoms with van der Waals surface area (Å²) in [5.74, 6) is 0.540. The van der Waals surface area contributed by atoms with Gasteiger partial charge >= 0.3 is 0 Å². The molecule has 5 heteroatoms. The average molecular weight is 448 g/mol. The highest BCUT2D eigenvalue weighted by Gasteiger charge is 2.24. The molecule has 1 aliphatic rings. The third kappa shape index (κ3) is 4.34. The van der Waals surface area contributed by atoms with Gasteiger partial charge in [-0.15, -0.1) is 0 Å². The molecule has 1 aliphatic heterocycles. The number of benzene rings is 3. The van der Waals surface area contributed by atoms with Gasteiger partial charge in [0.05, 0.1) is 6.61 Å². The highest BCUT2D eigenvalue weighted by atomic mass is 79.9. The van der Waals surface area contributed by atoms with Crippen molar-refractivity contribution in [2.24, 2.45) is 0 Å². The van der Waals surface area contributed by atoms with E-state index in [1.54, 1.807) is 6.07 Å². The smallest absolute Gasteiger partial charge is 0.123 e. The number of hydrogen-bond acceptors (Lipinski definition) is 2. The van der Waals surface area contributed by atoms with Crippen LogP contribution < -0.4 is 4.74 Å². The van der Waals surface area contributed by atoms with Crippen molar-refractivity contribution in [3.8, 4) is 5.75 Å². The fourth-order valence-corrected chi connectivity index (χ4v) is 3.80. The maximum absolute atomic E-state index is 13.3. The number of halogens is 3. The predicted molar refractivity (Wildman–Crippen MR) is 108 cm³/mol. The van der Waals surface area contributed by atoms with E-state index in [1.165, 1.54) is 12.1 Å². The molecule has 138 valence electrons. The second-order valence-electron chi connectivity index (χ2n) is 6.51. The number of rotatable bonds is 5. The van der Waals surface area contributed by atoms with Crippen LogP contribution in [0.4, 0.5) is 4.39 Å². The van der Waals surface area contributed by atoms with Crippen LogP contribution in [0.5, 0.6) is 5.75 Å². The number of hydrogen-bond donors (Lipinski definition) is 0. The average Bonchev–Trinajstić information content (AvgIpc) is 3.06. The molecule has 0 aromatic heterocycles. The van der Waals surface area contributed by atoms with Crippen molar-refractivity contribution < 1.29 is 13.9 Å². The molecular weight excluding hydrogens is 431 g/mol. The van der Waals surface area contributed by atoms with Gasteiger partial charge in [0.25, 0.3) is 0 Å². The van der Waals surface area contributed by atoms with Gasteiger partial charge in [-0.1, -0.05) is 45.7 Å². The van der Waals surface area contributed by atoms with Gasteiger partial charge in [0, 0.05) is 9.50 Å². The first kappa shape index (κ1) is 18.5. The fourth-order valence-electron chi connectivity index (χ4n) is 3.21. The van der Waals surface area contributed by atoms with Gasteiger partial charge in [0.1, 0.15) is 24.3 Å². The van der Waals surface area contributed by atoms with Crippen molar-refractivity contribution in [2.45, 2.75) is 19.1 Å². The second-order valence-corrected chi connectivity index (χ2v) is 7.83. The highest BCUT2D eigenvalue weighted by molar-refractivity contribution is 9.10. The standard InChI is InChI=1S/C22H17BrClFO2/c23-17-3-8-21(24)15(10-17)9-14-1-5-19(6-2-14)26-13-22-20-7-4-18(25)11-16(20)12-27-22/h1-8,10-11,22H,9,12-13H2. The Balaban J connectivity index is 1.38. The van der Waals surface area contributed by atoms with Gasteiger partial charge in [-0.05, 0) is 71.1 Å².